The molecule has 1 saturated carbocycles. The molecule has 2 N–H and O–H groups in total. The molecule has 0 amide bonds. The van der Waals surface area contributed by atoms with Crippen molar-refractivity contribution in [3.63, 3.8) is 0 Å². The molecule has 1 fully saturated rings. The zero-order valence-electron chi connectivity index (χ0n) is 9.42. The van der Waals surface area contributed by atoms with Crippen LogP contribution in [0.25, 0.3) is 0 Å². The van der Waals surface area contributed by atoms with E-state index in [1.807, 2.05) is 18.2 Å². The third kappa shape index (κ3) is 3.22. The van der Waals surface area contributed by atoms with E-state index in [0.717, 1.165) is 10.2 Å². The molecule has 88 valence electrons. The van der Waals surface area contributed by atoms with Gasteiger partial charge in [-0.25, -0.2) is 0 Å². The third-order valence-electron chi connectivity index (χ3n) is 3.10. The minimum atomic E-state index is 0.457. The maximum Gasteiger partial charge on any atom is 0.0731 e. The van der Waals surface area contributed by atoms with E-state index in [4.69, 9.17) is 10.5 Å². The van der Waals surface area contributed by atoms with Gasteiger partial charge in [0.1, 0.15) is 0 Å². The van der Waals surface area contributed by atoms with Crippen LogP contribution in [0.3, 0.4) is 0 Å². The molecule has 1 aromatic carbocycles. The van der Waals surface area contributed by atoms with Gasteiger partial charge < -0.3 is 10.5 Å². The first-order valence-corrected chi connectivity index (χ1v) is 6.70. The maximum atomic E-state index is 5.92. The molecule has 3 heteroatoms. The lowest BCUT2D eigenvalue weighted by atomic mass is 9.98. The van der Waals surface area contributed by atoms with Crippen LogP contribution >= 0.6 is 15.9 Å². The van der Waals surface area contributed by atoms with Crippen molar-refractivity contribution in [1.29, 1.82) is 0 Å². The summed E-state index contributed by atoms with van der Waals surface area (Å²) in [4.78, 5) is 0. The number of rotatable bonds is 3. The van der Waals surface area contributed by atoms with Crippen molar-refractivity contribution in [1.82, 2.24) is 0 Å². The summed E-state index contributed by atoms with van der Waals surface area (Å²) < 4.78 is 6.96. The summed E-state index contributed by atoms with van der Waals surface area (Å²) in [5, 5.41) is 0. The number of ether oxygens (including phenoxy) is 1. The van der Waals surface area contributed by atoms with Crippen LogP contribution in [0.5, 0.6) is 0 Å². The molecule has 0 radical (unpaired) electrons. The zero-order valence-corrected chi connectivity index (χ0v) is 11.0. The smallest absolute Gasteiger partial charge is 0.0731 e. The topological polar surface area (TPSA) is 35.2 Å². The number of nitrogen functional groups attached to an aromatic ring is 1. The Bertz CT molecular complexity index is 348. The molecule has 0 heterocycles. The average molecular weight is 284 g/mol. The van der Waals surface area contributed by atoms with Crippen molar-refractivity contribution in [2.24, 2.45) is 0 Å². The second-order valence-corrected chi connectivity index (χ2v) is 5.28. The van der Waals surface area contributed by atoms with Crippen molar-refractivity contribution in [3.8, 4) is 0 Å². The van der Waals surface area contributed by atoms with Crippen molar-refractivity contribution >= 4 is 21.6 Å². The maximum absolute atomic E-state index is 5.92. The van der Waals surface area contributed by atoms with Gasteiger partial charge in [-0.1, -0.05) is 41.3 Å². The standard InChI is InChI=1S/C13H18BrNO/c14-13-8-11(15)7-6-10(13)9-16-12-4-2-1-3-5-12/h6-8,12H,1-5,9,15H2. The summed E-state index contributed by atoms with van der Waals surface area (Å²) in [6.07, 6.45) is 6.88. The molecule has 0 bridgehead atoms. The van der Waals surface area contributed by atoms with Crippen LogP contribution in [0.15, 0.2) is 22.7 Å². The molecule has 0 spiro atoms. The van der Waals surface area contributed by atoms with Gasteiger partial charge in [0, 0.05) is 10.2 Å². The Balaban J connectivity index is 1.88. The Morgan fingerprint density at radius 1 is 1.25 bits per heavy atom. The number of hydrogen-bond donors (Lipinski definition) is 1. The van der Waals surface area contributed by atoms with Crippen LogP contribution in [-0.2, 0) is 11.3 Å². The molecule has 0 unspecified atom stereocenters. The third-order valence-corrected chi connectivity index (χ3v) is 3.84. The Kier molecular flexibility index (Phi) is 4.24. The summed E-state index contributed by atoms with van der Waals surface area (Å²) in [5.74, 6) is 0. The van der Waals surface area contributed by atoms with Gasteiger partial charge in [0.05, 0.1) is 12.7 Å². The molecule has 0 aliphatic heterocycles. The first-order chi connectivity index (χ1) is 7.75. The molecule has 16 heavy (non-hydrogen) atoms. The molecule has 2 rings (SSSR count). The number of anilines is 1. The van der Waals surface area contributed by atoms with E-state index in [-0.39, 0.29) is 0 Å². The van der Waals surface area contributed by atoms with Crippen molar-refractivity contribution in [2.45, 2.75) is 44.8 Å². The summed E-state index contributed by atoms with van der Waals surface area (Å²) in [7, 11) is 0. The fourth-order valence-electron chi connectivity index (χ4n) is 2.12. The van der Waals surface area contributed by atoms with Crippen LogP contribution in [0, 0.1) is 0 Å². The zero-order chi connectivity index (χ0) is 11.4. The molecule has 1 aromatic rings. The Morgan fingerprint density at radius 3 is 2.69 bits per heavy atom. The summed E-state index contributed by atoms with van der Waals surface area (Å²) in [5.41, 5.74) is 7.66. The highest BCUT2D eigenvalue weighted by Crippen LogP contribution is 2.24. The van der Waals surface area contributed by atoms with E-state index in [9.17, 15) is 0 Å². The lowest BCUT2D eigenvalue weighted by molar-refractivity contribution is 0.0166. The molecular formula is C13H18BrNO. The number of benzene rings is 1. The van der Waals surface area contributed by atoms with Crippen LogP contribution in [0.2, 0.25) is 0 Å². The van der Waals surface area contributed by atoms with E-state index in [0.29, 0.717) is 12.7 Å². The fourth-order valence-corrected chi connectivity index (χ4v) is 2.63. The lowest BCUT2D eigenvalue weighted by Crippen LogP contribution is -2.16. The van der Waals surface area contributed by atoms with E-state index in [1.54, 1.807) is 0 Å². The quantitative estimate of drug-likeness (QED) is 0.855. The Hall–Kier alpha value is -0.540. The lowest BCUT2D eigenvalue weighted by Gasteiger charge is -2.22. The van der Waals surface area contributed by atoms with E-state index in [2.05, 4.69) is 15.9 Å². The first kappa shape index (κ1) is 11.9. The van der Waals surface area contributed by atoms with Crippen LogP contribution in [0.1, 0.15) is 37.7 Å². The molecule has 0 saturated heterocycles. The molecule has 1 aliphatic rings. The van der Waals surface area contributed by atoms with Crippen molar-refractivity contribution in [2.75, 3.05) is 5.73 Å². The predicted molar refractivity (Wildman–Crippen MR) is 70.2 cm³/mol. The normalized spacial score (nSPS) is 17.6. The van der Waals surface area contributed by atoms with Crippen LogP contribution in [0.4, 0.5) is 5.69 Å². The van der Waals surface area contributed by atoms with Gasteiger partial charge in [-0.3, -0.25) is 0 Å². The molecule has 0 atom stereocenters. The Labute approximate surface area is 105 Å². The molecule has 0 aromatic heterocycles. The summed E-state index contributed by atoms with van der Waals surface area (Å²) >= 11 is 3.51. The highest BCUT2D eigenvalue weighted by Gasteiger charge is 2.14. The first-order valence-electron chi connectivity index (χ1n) is 5.91. The van der Waals surface area contributed by atoms with Gasteiger partial charge in [0.15, 0.2) is 0 Å². The second kappa shape index (κ2) is 5.69. The second-order valence-electron chi connectivity index (χ2n) is 4.42. The van der Waals surface area contributed by atoms with Gasteiger partial charge in [-0.05, 0) is 30.5 Å². The van der Waals surface area contributed by atoms with Gasteiger partial charge >= 0.3 is 0 Å². The Morgan fingerprint density at radius 2 is 2.00 bits per heavy atom. The number of hydrogen-bond acceptors (Lipinski definition) is 2. The van der Waals surface area contributed by atoms with E-state index >= 15 is 0 Å². The highest BCUT2D eigenvalue weighted by atomic mass is 79.9. The van der Waals surface area contributed by atoms with Gasteiger partial charge in [-0.2, -0.15) is 0 Å². The van der Waals surface area contributed by atoms with Gasteiger partial charge in [-0.15, -0.1) is 0 Å². The van der Waals surface area contributed by atoms with Crippen LogP contribution < -0.4 is 5.73 Å². The highest BCUT2D eigenvalue weighted by molar-refractivity contribution is 9.10. The number of halogens is 1. The van der Waals surface area contributed by atoms with E-state index < -0.39 is 0 Å². The largest absolute Gasteiger partial charge is 0.399 e. The monoisotopic (exact) mass is 283 g/mol. The van der Waals surface area contributed by atoms with Gasteiger partial charge in [0.2, 0.25) is 0 Å². The SMILES string of the molecule is Nc1ccc(COC2CCCCC2)c(Br)c1. The summed E-state index contributed by atoms with van der Waals surface area (Å²) in [6.45, 7) is 0.686. The number of nitrogens with two attached hydrogens (primary N) is 1. The minimum Gasteiger partial charge on any atom is -0.399 e. The molecule has 1 aliphatic carbocycles. The predicted octanol–water partition coefficient (Wildman–Crippen LogP) is 3.88. The molecular weight excluding hydrogens is 266 g/mol. The van der Waals surface area contributed by atoms with Gasteiger partial charge in [0.25, 0.3) is 0 Å². The van der Waals surface area contributed by atoms with E-state index in [1.165, 1.54) is 37.7 Å². The van der Waals surface area contributed by atoms with Crippen LogP contribution in [-0.4, -0.2) is 6.10 Å². The molecule has 2 nitrogen and oxygen atoms in total. The fraction of sp³-hybridized carbons (Fsp3) is 0.538. The minimum absolute atomic E-state index is 0.457. The van der Waals surface area contributed by atoms with Crippen molar-refractivity contribution < 1.29 is 4.74 Å². The van der Waals surface area contributed by atoms with Crippen molar-refractivity contribution in [3.05, 3.63) is 28.2 Å². The summed E-state index contributed by atoms with van der Waals surface area (Å²) in [6, 6.07) is 5.88. The average Bonchev–Trinajstić information content (AvgIpc) is 2.29.